The summed E-state index contributed by atoms with van der Waals surface area (Å²) < 4.78 is 5.38. The van der Waals surface area contributed by atoms with Gasteiger partial charge in [-0.1, -0.05) is 6.92 Å². The molecule has 2 amide bonds. The Morgan fingerprint density at radius 1 is 1.48 bits per heavy atom. The fourth-order valence-electron chi connectivity index (χ4n) is 2.32. The number of likely N-dealkylation sites (tertiary alicyclic amines) is 1. The molecular weight excluding hydrogens is 274 g/mol. The smallest absolute Gasteiger partial charge is 0.354 e. The van der Waals surface area contributed by atoms with Gasteiger partial charge in [0.25, 0.3) is 0 Å². The third kappa shape index (κ3) is 3.69. The summed E-state index contributed by atoms with van der Waals surface area (Å²) in [6.07, 6.45) is 2.26. The minimum Gasteiger partial charge on any atom is -0.477 e. The average Bonchev–Trinajstić information content (AvgIpc) is 2.48. The van der Waals surface area contributed by atoms with Crippen LogP contribution in [-0.4, -0.2) is 53.3 Å². The summed E-state index contributed by atoms with van der Waals surface area (Å²) in [5, 5.41) is 11.5. The third-order valence-corrected chi connectivity index (χ3v) is 3.71. The number of carboxylic acid groups (broad SMARTS) is 1. The van der Waals surface area contributed by atoms with Gasteiger partial charge in [0.05, 0.1) is 18.0 Å². The number of carbonyl (C=O) groups excluding carboxylic acids is 1. The molecule has 0 bridgehead atoms. The van der Waals surface area contributed by atoms with Crippen molar-refractivity contribution in [1.82, 2.24) is 9.88 Å². The molecule has 2 rings (SSSR count). The highest BCUT2D eigenvalue weighted by Crippen LogP contribution is 2.20. The largest absolute Gasteiger partial charge is 0.477 e. The Morgan fingerprint density at radius 3 is 2.81 bits per heavy atom. The Labute approximate surface area is 122 Å². The molecule has 7 nitrogen and oxygen atoms in total. The highest BCUT2D eigenvalue weighted by atomic mass is 16.5. The van der Waals surface area contributed by atoms with Crippen LogP contribution in [0.4, 0.5) is 10.5 Å². The standard InChI is InChI=1S/C14H19N3O4/c1-9-5-6-17(8-12(9)21-2)14(20)16-10-3-4-11(13(18)19)15-7-10/h3-4,7,9,12H,5-6,8H2,1-2H3,(H,16,20)(H,18,19). The first-order valence-corrected chi connectivity index (χ1v) is 6.79. The molecule has 114 valence electrons. The molecule has 0 saturated carbocycles. The number of carbonyl (C=O) groups is 2. The topological polar surface area (TPSA) is 91.8 Å². The van der Waals surface area contributed by atoms with Crippen LogP contribution in [-0.2, 0) is 4.74 Å². The molecule has 2 unspecified atom stereocenters. The second kappa shape index (κ2) is 6.53. The lowest BCUT2D eigenvalue weighted by Gasteiger charge is -2.36. The van der Waals surface area contributed by atoms with Crippen LogP contribution >= 0.6 is 0 Å². The molecular formula is C14H19N3O4. The fraction of sp³-hybridized carbons (Fsp3) is 0.500. The number of piperidine rings is 1. The number of nitrogens with zero attached hydrogens (tertiary/aromatic N) is 2. The number of anilines is 1. The van der Waals surface area contributed by atoms with Crippen molar-refractivity contribution in [3.63, 3.8) is 0 Å². The zero-order chi connectivity index (χ0) is 15.4. The average molecular weight is 293 g/mol. The van der Waals surface area contributed by atoms with Crippen LogP contribution in [0.2, 0.25) is 0 Å². The Balaban J connectivity index is 1.96. The lowest BCUT2D eigenvalue weighted by atomic mass is 9.96. The predicted molar refractivity (Wildman–Crippen MR) is 76.4 cm³/mol. The fourth-order valence-corrected chi connectivity index (χ4v) is 2.32. The summed E-state index contributed by atoms with van der Waals surface area (Å²) in [5.74, 6) is -0.670. The number of nitrogens with one attached hydrogen (secondary N) is 1. The SMILES string of the molecule is COC1CN(C(=O)Nc2ccc(C(=O)O)nc2)CCC1C. The van der Waals surface area contributed by atoms with Crippen LogP contribution in [0.15, 0.2) is 18.3 Å². The highest BCUT2D eigenvalue weighted by molar-refractivity contribution is 5.90. The minimum absolute atomic E-state index is 0.0389. The molecule has 0 aromatic carbocycles. The number of hydrogen-bond donors (Lipinski definition) is 2. The van der Waals surface area contributed by atoms with E-state index in [2.05, 4.69) is 17.2 Å². The predicted octanol–water partition coefficient (Wildman–Crippen LogP) is 1.67. The second-order valence-corrected chi connectivity index (χ2v) is 5.15. The van der Waals surface area contributed by atoms with Crippen LogP contribution in [0.5, 0.6) is 0 Å². The molecule has 1 fully saturated rings. The number of hydrogen-bond acceptors (Lipinski definition) is 4. The number of methoxy groups -OCH3 is 1. The van der Waals surface area contributed by atoms with E-state index in [1.165, 1.54) is 18.3 Å². The molecule has 0 spiro atoms. The van der Waals surface area contributed by atoms with Crippen molar-refractivity contribution in [2.75, 3.05) is 25.5 Å². The molecule has 1 aliphatic heterocycles. The molecule has 2 heterocycles. The maximum absolute atomic E-state index is 12.2. The lowest BCUT2D eigenvalue weighted by Crippen LogP contribution is -2.48. The van der Waals surface area contributed by atoms with E-state index in [4.69, 9.17) is 9.84 Å². The highest BCUT2D eigenvalue weighted by Gasteiger charge is 2.28. The van der Waals surface area contributed by atoms with E-state index < -0.39 is 5.97 Å². The summed E-state index contributed by atoms with van der Waals surface area (Å²) in [6, 6.07) is 2.65. The Morgan fingerprint density at radius 2 is 2.24 bits per heavy atom. The van der Waals surface area contributed by atoms with Gasteiger partial charge in [-0.15, -0.1) is 0 Å². The normalized spacial score (nSPS) is 21.9. The Bertz CT molecular complexity index is 517. The van der Waals surface area contributed by atoms with Crippen LogP contribution in [0, 0.1) is 5.92 Å². The summed E-state index contributed by atoms with van der Waals surface area (Å²) in [7, 11) is 1.65. The van der Waals surface area contributed by atoms with Gasteiger partial charge in [-0.05, 0) is 24.5 Å². The number of ether oxygens (including phenoxy) is 1. The maximum Gasteiger partial charge on any atom is 0.354 e. The van der Waals surface area contributed by atoms with Gasteiger partial charge in [0.15, 0.2) is 0 Å². The molecule has 1 saturated heterocycles. The third-order valence-electron chi connectivity index (χ3n) is 3.71. The van der Waals surface area contributed by atoms with E-state index in [-0.39, 0.29) is 17.8 Å². The first-order chi connectivity index (χ1) is 10.0. The van der Waals surface area contributed by atoms with Gasteiger partial charge in [-0.2, -0.15) is 0 Å². The van der Waals surface area contributed by atoms with E-state index in [0.717, 1.165) is 6.42 Å². The first-order valence-electron chi connectivity index (χ1n) is 6.79. The van der Waals surface area contributed by atoms with Gasteiger partial charge in [0.2, 0.25) is 0 Å². The Kier molecular flexibility index (Phi) is 4.74. The summed E-state index contributed by atoms with van der Waals surface area (Å²) >= 11 is 0. The summed E-state index contributed by atoms with van der Waals surface area (Å²) in [6.45, 7) is 3.33. The van der Waals surface area contributed by atoms with Gasteiger partial charge in [-0.25, -0.2) is 14.6 Å². The van der Waals surface area contributed by atoms with Crippen LogP contribution in [0.3, 0.4) is 0 Å². The van der Waals surface area contributed by atoms with Gasteiger partial charge in [0.1, 0.15) is 5.69 Å². The minimum atomic E-state index is -1.10. The van der Waals surface area contributed by atoms with Crippen LogP contribution < -0.4 is 5.32 Å². The summed E-state index contributed by atoms with van der Waals surface area (Å²) in [4.78, 5) is 28.3. The zero-order valence-electron chi connectivity index (χ0n) is 12.1. The van der Waals surface area contributed by atoms with Crippen molar-refractivity contribution in [2.24, 2.45) is 5.92 Å². The number of amides is 2. The molecule has 1 aliphatic rings. The lowest BCUT2D eigenvalue weighted by molar-refractivity contribution is 0.00895. The van der Waals surface area contributed by atoms with E-state index >= 15 is 0 Å². The van der Waals surface area contributed by atoms with Crippen LogP contribution in [0.1, 0.15) is 23.8 Å². The Hall–Kier alpha value is -2.15. The number of pyridine rings is 1. The van der Waals surface area contributed by atoms with Crippen LogP contribution in [0.25, 0.3) is 0 Å². The van der Waals surface area contributed by atoms with Gasteiger partial charge in [-0.3, -0.25) is 0 Å². The van der Waals surface area contributed by atoms with E-state index in [9.17, 15) is 9.59 Å². The first kappa shape index (κ1) is 15.2. The maximum atomic E-state index is 12.2. The monoisotopic (exact) mass is 293 g/mol. The molecule has 1 aromatic heterocycles. The molecule has 1 aromatic rings. The van der Waals surface area contributed by atoms with Crippen molar-refractivity contribution in [3.05, 3.63) is 24.0 Å². The van der Waals surface area contributed by atoms with E-state index in [1.54, 1.807) is 12.0 Å². The van der Waals surface area contributed by atoms with Gasteiger partial charge in [0, 0.05) is 20.2 Å². The van der Waals surface area contributed by atoms with Crippen molar-refractivity contribution < 1.29 is 19.4 Å². The van der Waals surface area contributed by atoms with E-state index in [1.807, 2.05) is 0 Å². The van der Waals surface area contributed by atoms with Crippen molar-refractivity contribution in [1.29, 1.82) is 0 Å². The number of carboxylic acids is 1. The molecule has 0 radical (unpaired) electrons. The van der Waals surface area contributed by atoms with Gasteiger partial charge < -0.3 is 20.1 Å². The van der Waals surface area contributed by atoms with Crippen molar-refractivity contribution in [3.8, 4) is 0 Å². The molecule has 2 atom stereocenters. The number of urea groups is 1. The molecule has 7 heteroatoms. The van der Waals surface area contributed by atoms with Crippen molar-refractivity contribution in [2.45, 2.75) is 19.4 Å². The molecule has 0 aliphatic carbocycles. The second-order valence-electron chi connectivity index (χ2n) is 5.15. The number of aromatic carboxylic acids is 1. The summed E-state index contributed by atoms with van der Waals surface area (Å²) in [5.41, 5.74) is 0.414. The van der Waals surface area contributed by atoms with Crippen molar-refractivity contribution >= 4 is 17.7 Å². The number of rotatable bonds is 3. The molecule has 2 N–H and O–H groups in total. The zero-order valence-corrected chi connectivity index (χ0v) is 12.1. The van der Waals surface area contributed by atoms with E-state index in [0.29, 0.717) is 24.7 Å². The number of aromatic nitrogens is 1. The molecule has 21 heavy (non-hydrogen) atoms. The van der Waals surface area contributed by atoms with Gasteiger partial charge >= 0.3 is 12.0 Å². The quantitative estimate of drug-likeness (QED) is 0.884.